The first-order valence-electron chi connectivity index (χ1n) is 21.7. The predicted molar refractivity (Wildman–Crippen MR) is 215 cm³/mol. The van der Waals surface area contributed by atoms with Crippen molar-refractivity contribution in [2.45, 2.75) is 224 Å². The fraction of sp³-hybridized carbons (Fsp3) is 0.905. The summed E-state index contributed by atoms with van der Waals surface area (Å²) >= 11 is 0. The van der Waals surface area contributed by atoms with Crippen molar-refractivity contribution >= 4 is 22.1 Å². The van der Waals surface area contributed by atoms with E-state index >= 15 is 0 Å². The minimum atomic E-state index is -4.59. The van der Waals surface area contributed by atoms with E-state index in [-0.39, 0.29) is 19.4 Å². The van der Waals surface area contributed by atoms with Crippen molar-refractivity contribution in [1.29, 1.82) is 0 Å². The zero-order valence-corrected chi connectivity index (χ0v) is 35.1. The van der Waals surface area contributed by atoms with E-state index in [1.165, 1.54) is 109 Å². The zero-order chi connectivity index (χ0) is 40.6. The molecule has 0 aromatic rings. The lowest BCUT2D eigenvalue weighted by Gasteiger charge is -2.40. The van der Waals surface area contributed by atoms with Crippen molar-refractivity contribution in [2.24, 2.45) is 0 Å². The van der Waals surface area contributed by atoms with Crippen molar-refractivity contribution in [3.8, 4) is 0 Å². The minimum absolute atomic E-state index is 0.167. The molecule has 1 aliphatic rings. The van der Waals surface area contributed by atoms with Gasteiger partial charge in [0.15, 0.2) is 12.4 Å². The number of carbonyl (C=O) groups excluding carboxylic acids is 2. The quantitative estimate of drug-likeness (QED) is 0.0206. The van der Waals surface area contributed by atoms with Crippen LogP contribution in [-0.2, 0) is 38.7 Å². The monoisotopic (exact) mass is 807 g/mol. The summed E-state index contributed by atoms with van der Waals surface area (Å²) in [5.74, 6) is -1.98. The average molecular weight is 807 g/mol. The second-order valence-electron chi connectivity index (χ2n) is 15.4. The normalized spacial score (nSPS) is 20.9. The highest BCUT2D eigenvalue weighted by Crippen LogP contribution is 2.24. The molecule has 0 spiro atoms. The number of hydrogen-bond donors (Lipinski definition) is 4. The largest absolute Gasteiger partial charge is 0.462 e. The van der Waals surface area contributed by atoms with Gasteiger partial charge in [0.1, 0.15) is 36.8 Å². The number of rotatable bonds is 36. The van der Waals surface area contributed by atoms with E-state index in [0.717, 1.165) is 38.5 Å². The third-order valence-electron chi connectivity index (χ3n) is 10.1. The lowest BCUT2D eigenvalue weighted by molar-refractivity contribution is -0.297. The average Bonchev–Trinajstić information content (AvgIpc) is 3.14. The van der Waals surface area contributed by atoms with Gasteiger partial charge in [-0.05, 0) is 38.5 Å². The lowest BCUT2D eigenvalue weighted by Crippen LogP contribution is -2.60. The Labute approximate surface area is 333 Å². The van der Waals surface area contributed by atoms with E-state index in [4.69, 9.17) is 18.9 Å². The molecule has 13 heteroatoms. The molecule has 6 atom stereocenters. The van der Waals surface area contributed by atoms with Gasteiger partial charge in [-0.1, -0.05) is 148 Å². The molecule has 12 nitrogen and oxygen atoms in total. The van der Waals surface area contributed by atoms with Gasteiger partial charge < -0.3 is 34.3 Å². The van der Waals surface area contributed by atoms with Crippen LogP contribution in [0.25, 0.3) is 0 Å². The van der Waals surface area contributed by atoms with Crippen LogP contribution in [-0.4, -0.2) is 96.0 Å². The fourth-order valence-corrected chi connectivity index (χ4v) is 7.36. The maximum atomic E-state index is 12.7. The summed E-state index contributed by atoms with van der Waals surface area (Å²) in [4.78, 5) is 25.2. The van der Waals surface area contributed by atoms with Crippen molar-refractivity contribution in [3.63, 3.8) is 0 Å². The third-order valence-corrected chi connectivity index (χ3v) is 10.8. The van der Waals surface area contributed by atoms with Gasteiger partial charge in [-0.25, -0.2) is 0 Å². The highest BCUT2D eigenvalue weighted by molar-refractivity contribution is 7.85. The van der Waals surface area contributed by atoms with Crippen LogP contribution < -0.4 is 0 Å². The van der Waals surface area contributed by atoms with E-state index in [9.17, 15) is 37.9 Å². The van der Waals surface area contributed by atoms with Crippen LogP contribution in [0.1, 0.15) is 187 Å². The van der Waals surface area contributed by atoms with Gasteiger partial charge in [0.05, 0.1) is 6.61 Å². The van der Waals surface area contributed by atoms with Crippen molar-refractivity contribution in [2.75, 3.05) is 19.0 Å². The summed E-state index contributed by atoms with van der Waals surface area (Å²) < 4.78 is 53.8. The number of hydrogen-bond acceptors (Lipinski definition) is 11. The van der Waals surface area contributed by atoms with E-state index in [0.29, 0.717) is 12.8 Å². The molecule has 324 valence electrons. The molecule has 0 saturated carbocycles. The second-order valence-corrected chi connectivity index (χ2v) is 16.9. The van der Waals surface area contributed by atoms with E-state index in [1.807, 2.05) is 0 Å². The first-order valence-corrected chi connectivity index (χ1v) is 23.4. The molecular formula is C42H78O12S. The first-order chi connectivity index (χ1) is 26.5. The van der Waals surface area contributed by atoms with Crippen LogP contribution >= 0.6 is 0 Å². The van der Waals surface area contributed by atoms with Gasteiger partial charge in [0.2, 0.25) is 0 Å². The molecule has 1 aliphatic heterocycles. The number of aliphatic hydroxyl groups excluding tert-OH is 3. The molecule has 1 saturated heterocycles. The van der Waals surface area contributed by atoms with Gasteiger partial charge in [-0.2, -0.15) is 8.42 Å². The Morgan fingerprint density at radius 1 is 0.600 bits per heavy atom. The number of esters is 2. The third kappa shape index (κ3) is 28.4. The van der Waals surface area contributed by atoms with E-state index in [1.54, 1.807) is 0 Å². The predicted octanol–water partition coefficient (Wildman–Crippen LogP) is 8.28. The van der Waals surface area contributed by atoms with Gasteiger partial charge in [-0.15, -0.1) is 0 Å². The summed E-state index contributed by atoms with van der Waals surface area (Å²) in [6, 6.07) is 0. The van der Waals surface area contributed by atoms with Crippen molar-refractivity contribution < 1.29 is 56.8 Å². The molecule has 1 fully saturated rings. The molecule has 1 heterocycles. The molecular weight excluding hydrogens is 729 g/mol. The summed E-state index contributed by atoms with van der Waals surface area (Å²) in [5.41, 5.74) is 0. The fourth-order valence-electron chi connectivity index (χ4n) is 6.67. The molecule has 0 radical (unpaired) electrons. The Balaban J connectivity index is 2.38. The van der Waals surface area contributed by atoms with E-state index in [2.05, 4.69) is 26.0 Å². The molecule has 0 aromatic carbocycles. The summed E-state index contributed by atoms with van der Waals surface area (Å²) in [6.07, 6.45) is 24.3. The number of unbranched alkanes of at least 4 members (excludes halogenated alkanes) is 22. The Morgan fingerprint density at radius 2 is 1.04 bits per heavy atom. The maximum absolute atomic E-state index is 12.7. The number of carbonyl (C=O) groups is 2. The summed E-state index contributed by atoms with van der Waals surface area (Å²) in [7, 11) is -4.59. The van der Waals surface area contributed by atoms with Crippen molar-refractivity contribution in [1.82, 2.24) is 0 Å². The van der Waals surface area contributed by atoms with Crippen LogP contribution in [0.15, 0.2) is 12.2 Å². The number of ether oxygens (including phenoxy) is 4. The maximum Gasteiger partial charge on any atom is 0.306 e. The Hall–Kier alpha value is -1.61. The molecule has 0 aromatic heterocycles. The first kappa shape index (κ1) is 51.4. The minimum Gasteiger partial charge on any atom is -0.462 e. The van der Waals surface area contributed by atoms with Crippen LogP contribution in [0.3, 0.4) is 0 Å². The lowest BCUT2D eigenvalue weighted by atomic mass is 10.00. The van der Waals surface area contributed by atoms with Crippen LogP contribution in [0.5, 0.6) is 0 Å². The summed E-state index contributed by atoms with van der Waals surface area (Å²) in [5, 5.41) is 30.8. The van der Waals surface area contributed by atoms with E-state index < -0.39 is 71.2 Å². The van der Waals surface area contributed by atoms with Crippen LogP contribution in [0.4, 0.5) is 0 Å². The highest BCUT2D eigenvalue weighted by Gasteiger charge is 2.46. The Bertz CT molecular complexity index is 1080. The van der Waals surface area contributed by atoms with Gasteiger partial charge in [0, 0.05) is 12.8 Å². The Kier molecular flexibility index (Phi) is 31.2. The molecule has 1 rings (SSSR count). The van der Waals surface area contributed by atoms with Gasteiger partial charge >= 0.3 is 11.9 Å². The molecule has 0 amide bonds. The highest BCUT2D eigenvalue weighted by atomic mass is 32.2. The second kappa shape index (κ2) is 33.4. The van der Waals surface area contributed by atoms with Gasteiger partial charge in [0.25, 0.3) is 10.1 Å². The molecule has 2 unspecified atom stereocenters. The molecule has 4 N–H and O–H groups in total. The Morgan fingerprint density at radius 3 is 1.51 bits per heavy atom. The van der Waals surface area contributed by atoms with Crippen LogP contribution in [0.2, 0.25) is 0 Å². The summed E-state index contributed by atoms with van der Waals surface area (Å²) in [6.45, 7) is 3.71. The van der Waals surface area contributed by atoms with Crippen molar-refractivity contribution in [3.05, 3.63) is 12.2 Å². The van der Waals surface area contributed by atoms with Crippen LogP contribution in [0, 0.1) is 0 Å². The topological polar surface area (TPSA) is 186 Å². The van der Waals surface area contributed by atoms with Gasteiger partial charge in [-0.3, -0.25) is 14.1 Å². The number of aliphatic hydroxyl groups is 3. The molecule has 55 heavy (non-hydrogen) atoms. The SMILES string of the molecule is CCCCCCCC/C=C/CCCCCCCCCCCC(=O)OC[C@H](CO[C@H]1O[C@H](CS(=O)(=O)O)[C@@H](O)C(O)C1O)OC(=O)CCCCCCCCCC. The number of allylic oxidation sites excluding steroid dienone is 2. The zero-order valence-electron chi connectivity index (χ0n) is 34.3. The smallest absolute Gasteiger partial charge is 0.306 e. The molecule has 0 aliphatic carbocycles. The molecule has 0 bridgehead atoms. The standard InChI is InChI=1S/C42H78O12S/c1-3-5-7-9-11-13-14-15-16-17-18-19-20-21-22-23-25-26-28-30-37(43)51-32-35(53-38(44)31-29-27-24-12-10-8-6-4-2)33-52-42-41(47)40(46)39(45)36(54-42)34-55(48,49)50/h15-16,35-36,39-42,45-47H,3-14,17-34H2,1-2H3,(H,48,49,50)/b16-15+/t35-,36-,39-,40?,41?,42+/m1/s1.